The number of benzene rings is 1. The lowest BCUT2D eigenvalue weighted by molar-refractivity contribution is 0.307. The number of hydrogen-bond donors (Lipinski definition) is 1. The molecular weight excluding hydrogens is 188 g/mol. The Kier molecular flexibility index (Phi) is 2.82. The van der Waals surface area contributed by atoms with E-state index in [0.717, 1.165) is 25.3 Å². The number of ether oxygens (including phenoxy) is 1. The summed E-state index contributed by atoms with van der Waals surface area (Å²) in [6, 6.07) is 6.44. The van der Waals surface area contributed by atoms with E-state index in [0.29, 0.717) is 0 Å². The monoisotopic (exact) mass is 206 g/mol. The molecule has 3 heteroatoms. The highest BCUT2D eigenvalue weighted by molar-refractivity contribution is 5.62. The van der Waals surface area contributed by atoms with Crippen LogP contribution in [0.25, 0.3) is 0 Å². The zero-order valence-electron chi connectivity index (χ0n) is 9.36. The van der Waals surface area contributed by atoms with Crippen LogP contribution in [0.3, 0.4) is 0 Å². The van der Waals surface area contributed by atoms with Gasteiger partial charge in [-0.3, -0.25) is 0 Å². The highest BCUT2D eigenvalue weighted by Crippen LogP contribution is 2.34. The molecule has 82 valence electrons. The molecule has 0 saturated heterocycles. The summed E-state index contributed by atoms with van der Waals surface area (Å²) in [6.45, 7) is 3.74. The summed E-state index contributed by atoms with van der Waals surface area (Å²) in [7, 11) is 2.09. The van der Waals surface area contributed by atoms with Crippen molar-refractivity contribution in [1.29, 1.82) is 0 Å². The van der Waals surface area contributed by atoms with E-state index >= 15 is 0 Å². The van der Waals surface area contributed by atoms with Gasteiger partial charge in [-0.2, -0.15) is 0 Å². The van der Waals surface area contributed by atoms with E-state index in [4.69, 9.17) is 10.5 Å². The van der Waals surface area contributed by atoms with Gasteiger partial charge in [0.05, 0.1) is 12.2 Å². The topological polar surface area (TPSA) is 38.5 Å². The fourth-order valence-electron chi connectivity index (χ4n) is 1.95. The molecule has 0 amide bonds. The third-order valence-corrected chi connectivity index (χ3v) is 2.70. The smallest absolute Gasteiger partial charge is 0.145 e. The predicted octanol–water partition coefficient (Wildman–Crippen LogP) is 1.40. The molecule has 1 aliphatic heterocycles. The molecule has 0 saturated carbocycles. The summed E-state index contributed by atoms with van der Waals surface area (Å²) in [4.78, 5) is 2.23. The molecule has 0 aliphatic carbocycles. The van der Waals surface area contributed by atoms with Crippen LogP contribution in [-0.4, -0.2) is 26.2 Å². The summed E-state index contributed by atoms with van der Waals surface area (Å²) >= 11 is 0. The fourth-order valence-corrected chi connectivity index (χ4v) is 1.95. The number of nitrogens with zero attached hydrogens (tertiary/aromatic N) is 1. The highest BCUT2D eigenvalue weighted by Gasteiger charge is 2.18. The number of para-hydroxylation sites is 1. The van der Waals surface area contributed by atoms with E-state index in [1.807, 2.05) is 6.92 Å². The molecule has 0 radical (unpaired) electrons. The zero-order chi connectivity index (χ0) is 10.8. The molecule has 2 rings (SSSR count). The van der Waals surface area contributed by atoms with Gasteiger partial charge < -0.3 is 15.4 Å². The van der Waals surface area contributed by atoms with Gasteiger partial charge in [0, 0.05) is 13.1 Å². The zero-order valence-corrected chi connectivity index (χ0v) is 9.36. The predicted molar refractivity (Wildman–Crippen MR) is 62.6 cm³/mol. The van der Waals surface area contributed by atoms with Gasteiger partial charge in [-0.25, -0.2) is 0 Å². The first kappa shape index (κ1) is 10.3. The van der Waals surface area contributed by atoms with Crippen LogP contribution >= 0.6 is 0 Å². The molecule has 1 atom stereocenters. The quantitative estimate of drug-likeness (QED) is 0.795. The van der Waals surface area contributed by atoms with Crippen LogP contribution in [-0.2, 0) is 6.42 Å². The molecule has 0 aromatic heterocycles. The molecule has 1 aromatic carbocycles. The van der Waals surface area contributed by atoms with Crippen LogP contribution in [0.4, 0.5) is 5.69 Å². The molecule has 1 aliphatic rings. The van der Waals surface area contributed by atoms with Gasteiger partial charge in [0.15, 0.2) is 0 Å². The molecule has 1 heterocycles. The minimum atomic E-state index is 0.173. The van der Waals surface area contributed by atoms with Crippen LogP contribution in [0.5, 0.6) is 5.75 Å². The Labute approximate surface area is 90.8 Å². The van der Waals surface area contributed by atoms with E-state index in [9.17, 15) is 0 Å². The molecule has 0 bridgehead atoms. The van der Waals surface area contributed by atoms with E-state index in [1.165, 1.54) is 11.3 Å². The Morgan fingerprint density at radius 3 is 3.07 bits per heavy atom. The molecule has 2 N–H and O–H groups in total. The summed E-state index contributed by atoms with van der Waals surface area (Å²) in [5.74, 6) is 1.02. The second kappa shape index (κ2) is 4.11. The minimum Gasteiger partial charge on any atom is -0.489 e. The third kappa shape index (κ3) is 2.07. The lowest BCUT2D eigenvalue weighted by Crippen LogP contribution is -2.30. The Morgan fingerprint density at radius 1 is 1.53 bits per heavy atom. The average molecular weight is 206 g/mol. The number of hydrogen-bond acceptors (Lipinski definition) is 3. The van der Waals surface area contributed by atoms with Crippen molar-refractivity contribution in [2.24, 2.45) is 5.73 Å². The first-order chi connectivity index (χ1) is 7.18. The van der Waals surface area contributed by atoms with E-state index in [-0.39, 0.29) is 6.04 Å². The Balaban J connectivity index is 2.35. The van der Waals surface area contributed by atoms with E-state index in [2.05, 4.69) is 30.1 Å². The van der Waals surface area contributed by atoms with Crippen LogP contribution in [0.15, 0.2) is 18.2 Å². The molecule has 15 heavy (non-hydrogen) atoms. The SMILES string of the molecule is CC(N)Cc1cccc2c1OCCN2C. The van der Waals surface area contributed by atoms with Gasteiger partial charge in [-0.05, 0) is 25.0 Å². The largest absolute Gasteiger partial charge is 0.489 e. The number of likely N-dealkylation sites (N-methyl/N-ethyl adjacent to an activating group) is 1. The van der Waals surface area contributed by atoms with Gasteiger partial charge in [0.1, 0.15) is 12.4 Å². The Bertz CT molecular complexity index is 349. The van der Waals surface area contributed by atoms with Gasteiger partial charge in [0.25, 0.3) is 0 Å². The number of anilines is 1. The lowest BCUT2D eigenvalue weighted by atomic mass is 10.0. The first-order valence-corrected chi connectivity index (χ1v) is 5.40. The van der Waals surface area contributed by atoms with E-state index < -0.39 is 0 Å². The molecular formula is C12H18N2O. The maximum Gasteiger partial charge on any atom is 0.145 e. The second-order valence-corrected chi connectivity index (χ2v) is 4.22. The van der Waals surface area contributed by atoms with Crippen molar-refractivity contribution in [3.63, 3.8) is 0 Å². The van der Waals surface area contributed by atoms with Gasteiger partial charge in [0.2, 0.25) is 0 Å². The third-order valence-electron chi connectivity index (χ3n) is 2.70. The molecule has 0 fully saturated rings. The molecule has 1 unspecified atom stereocenters. The van der Waals surface area contributed by atoms with Gasteiger partial charge in [-0.1, -0.05) is 12.1 Å². The highest BCUT2D eigenvalue weighted by atomic mass is 16.5. The van der Waals surface area contributed by atoms with Crippen molar-refractivity contribution in [3.8, 4) is 5.75 Å². The first-order valence-electron chi connectivity index (χ1n) is 5.40. The molecule has 0 spiro atoms. The summed E-state index contributed by atoms with van der Waals surface area (Å²) < 4.78 is 5.73. The Hall–Kier alpha value is -1.22. The average Bonchev–Trinajstić information content (AvgIpc) is 2.19. The van der Waals surface area contributed by atoms with Crippen molar-refractivity contribution < 1.29 is 4.74 Å². The fraction of sp³-hybridized carbons (Fsp3) is 0.500. The Morgan fingerprint density at radius 2 is 2.33 bits per heavy atom. The number of nitrogens with two attached hydrogens (primary N) is 1. The van der Waals surface area contributed by atoms with E-state index in [1.54, 1.807) is 0 Å². The van der Waals surface area contributed by atoms with Crippen LogP contribution < -0.4 is 15.4 Å². The van der Waals surface area contributed by atoms with Crippen molar-refractivity contribution >= 4 is 5.69 Å². The maximum absolute atomic E-state index is 5.82. The van der Waals surface area contributed by atoms with Crippen LogP contribution in [0, 0.1) is 0 Å². The van der Waals surface area contributed by atoms with Crippen LogP contribution in [0.1, 0.15) is 12.5 Å². The second-order valence-electron chi connectivity index (χ2n) is 4.22. The summed E-state index contributed by atoms with van der Waals surface area (Å²) in [5, 5.41) is 0. The number of rotatable bonds is 2. The van der Waals surface area contributed by atoms with Crippen molar-refractivity contribution in [2.45, 2.75) is 19.4 Å². The summed E-state index contributed by atoms with van der Waals surface area (Å²) in [6.07, 6.45) is 0.872. The lowest BCUT2D eigenvalue weighted by Gasteiger charge is -2.29. The van der Waals surface area contributed by atoms with Crippen molar-refractivity contribution in [2.75, 3.05) is 25.1 Å². The molecule has 3 nitrogen and oxygen atoms in total. The van der Waals surface area contributed by atoms with Crippen LogP contribution in [0.2, 0.25) is 0 Å². The van der Waals surface area contributed by atoms with Crippen molar-refractivity contribution in [3.05, 3.63) is 23.8 Å². The standard InChI is InChI=1S/C12H18N2O/c1-9(13)8-10-4-3-5-11-12(10)15-7-6-14(11)2/h3-5,9H,6-8,13H2,1-2H3. The molecule has 1 aromatic rings. The minimum absolute atomic E-state index is 0.173. The number of fused-ring (bicyclic) bond motifs is 1. The van der Waals surface area contributed by atoms with Crippen molar-refractivity contribution in [1.82, 2.24) is 0 Å². The maximum atomic E-state index is 5.82. The van der Waals surface area contributed by atoms with Gasteiger partial charge >= 0.3 is 0 Å². The normalized spacial score (nSPS) is 16.9. The summed E-state index contributed by atoms with van der Waals surface area (Å²) in [5.41, 5.74) is 8.22. The van der Waals surface area contributed by atoms with Gasteiger partial charge in [-0.15, -0.1) is 0 Å².